The predicted octanol–water partition coefficient (Wildman–Crippen LogP) is 1.93. The van der Waals surface area contributed by atoms with Crippen LogP contribution in [0.1, 0.15) is 5.56 Å². The van der Waals surface area contributed by atoms with Gasteiger partial charge in [0.1, 0.15) is 5.88 Å². The number of alkyl halides is 1. The number of amides is 1. The molecule has 0 atom stereocenters. The van der Waals surface area contributed by atoms with Gasteiger partial charge in [-0.1, -0.05) is 12.1 Å². The van der Waals surface area contributed by atoms with E-state index in [4.69, 9.17) is 16.9 Å². The van der Waals surface area contributed by atoms with Crippen molar-refractivity contribution in [1.82, 2.24) is 0 Å². The first kappa shape index (κ1) is 10.6. The fourth-order valence-electron chi connectivity index (χ4n) is 1.04. The van der Waals surface area contributed by atoms with Crippen molar-refractivity contribution >= 4 is 23.2 Å². The molecule has 1 rings (SSSR count). The minimum Gasteiger partial charge on any atom is -0.325 e. The highest BCUT2D eigenvalue weighted by atomic mass is 35.5. The van der Waals surface area contributed by atoms with Gasteiger partial charge in [-0.15, -0.1) is 11.6 Å². The maximum absolute atomic E-state index is 10.9. The molecule has 1 aromatic carbocycles. The van der Waals surface area contributed by atoms with Crippen molar-refractivity contribution in [2.75, 3.05) is 11.2 Å². The molecule has 3 nitrogen and oxygen atoms in total. The molecule has 0 unspecified atom stereocenters. The summed E-state index contributed by atoms with van der Waals surface area (Å²) in [5, 5.41) is 11.1. The van der Waals surface area contributed by atoms with Gasteiger partial charge in [-0.2, -0.15) is 5.26 Å². The molecule has 0 aliphatic carbocycles. The van der Waals surface area contributed by atoms with E-state index in [9.17, 15) is 4.79 Å². The van der Waals surface area contributed by atoms with Crippen molar-refractivity contribution < 1.29 is 4.79 Å². The van der Waals surface area contributed by atoms with Gasteiger partial charge >= 0.3 is 0 Å². The Bertz CT molecular complexity index is 371. The Balaban J connectivity index is 2.74. The van der Waals surface area contributed by atoms with Crippen LogP contribution in [0.15, 0.2) is 24.3 Å². The minimum absolute atomic E-state index is 0.0670. The number of nitrogens with one attached hydrogen (secondary N) is 1. The first-order valence-corrected chi connectivity index (χ1v) is 4.61. The molecule has 0 saturated carbocycles. The summed E-state index contributed by atoms with van der Waals surface area (Å²) in [7, 11) is 0. The Morgan fingerprint density at radius 2 is 2.36 bits per heavy atom. The first-order chi connectivity index (χ1) is 6.76. The second kappa shape index (κ2) is 5.25. The Morgan fingerprint density at radius 3 is 3.00 bits per heavy atom. The van der Waals surface area contributed by atoms with Gasteiger partial charge in [-0.25, -0.2) is 0 Å². The molecule has 0 aliphatic rings. The monoisotopic (exact) mass is 208 g/mol. The number of rotatable bonds is 3. The van der Waals surface area contributed by atoms with E-state index < -0.39 is 0 Å². The summed E-state index contributed by atoms with van der Waals surface area (Å²) >= 11 is 5.34. The van der Waals surface area contributed by atoms with Crippen LogP contribution in [0.3, 0.4) is 0 Å². The lowest BCUT2D eigenvalue weighted by atomic mass is 10.1. The number of hydrogen-bond acceptors (Lipinski definition) is 2. The average Bonchev–Trinajstić information content (AvgIpc) is 2.19. The van der Waals surface area contributed by atoms with Crippen molar-refractivity contribution in [3.05, 3.63) is 29.8 Å². The predicted molar refractivity (Wildman–Crippen MR) is 55.1 cm³/mol. The molecule has 0 saturated heterocycles. The number of anilines is 1. The highest BCUT2D eigenvalue weighted by molar-refractivity contribution is 6.29. The Kier molecular flexibility index (Phi) is 3.96. The van der Waals surface area contributed by atoms with E-state index in [1.54, 1.807) is 18.2 Å². The third-order valence-corrected chi connectivity index (χ3v) is 1.86. The van der Waals surface area contributed by atoms with Gasteiger partial charge in [0.05, 0.1) is 12.5 Å². The van der Waals surface area contributed by atoms with Crippen LogP contribution in [-0.4, -0.2) is 11.8 Å². The molecule has 0 spiro atoms. The van der Waals surface area contributed by atoms with Gasteiger partial charge in [0.15, 0.2) is 0 Å². The molecule has 1 amide bonds. The number of nitriles is 1. The molecule has 14 heavy (non-hydrogen) atoms. The lowest BCUT2D eigenvalue weighted by Gasteiger charge is -2.03. The van der Waals surface area contributed by atoms with Gasteiger partial charge in [0.2, 0.25) is 5.91 Å². The van der Waals surface area contributed by atoms with Crippen molar-refractivity contribution in [3.63, 3.8) is 0 Å². The Labute approximate surface area is 87.3 Å². The Morgan fingerprint density at radius 1 is 1.57 bits per heavy atom. The van der Waals surface area contributed by atoms with E-state index in [-0.39, 0.29) is 11.8 Å². The topological polar surface area (TPSA) is 52.9 Å². The van der Waals surface area contributed by atoms with E-state index in [0.717, 1.165) is 5.56 Å². The van der Waals surface area contributed by atoms with E-state index in [2.05, 4.69) is 5.32 Å². The van der Waals surface area contributed by atoms with Gasteiger partial charge < -0.3 is 5.32 Å². The summed E-state index contributed by atoms with van der Waals surface area (Å²) in [6, 6.07) is 9.17. The van der Waals surface area contributed by atoms with Crippen LogP contribution >= 0.6 is 11.6 Å². The molecule has 0 aromatic heterocycles. The van der Waals surface area contributed by atoms with Crippen LogP contribution in [0.2, 0.25) is 0 Å². The second-order valence-electron chi connectivity index (χ2n) is 2.72. The summed E-state index contributed by atoms with van der Waals surface area (Å²) in [5.74, 6) is -0.316. The summed E-state index contributed by atoms with van der Waals surface area (Å²) in [4.78, 5) is 10.9. The maximum Gasteiger partial charge on any atom is 0.239 e. The number of benzene rings is 1. The molecule has 0 heterocycles. The van der Waals surface area contributed by atoms with E-state index >= 15 is 0 Å². The van der Waals surface area contributed by atoms with E-state index in [1.165, 1.54) is 0 Å². The molecule has 0 fully saturated rings. The number of carbonyl (C=O) groups excluding carboxylic acids is 1. The molecule has 1 N–H and O–H groups in total. The molecular formula is C10H9ClN2O. The van der Waals surface area contributed by atoms with Crippen LogP contribution in [0, 0.1) is 11.3 Å². The van der Waals surface area contributed by atoms with Crippen LogP contribution < -0.4 is 5.32 Å². The van der Waals surface area contributed by atoms with Crippen molar-refractivity contribution in [2.24, 2.45) is 0 Å². The quantitative estimate of drug-likeness (QED) is 0.772. The smallest absolute Gasteiger partial charge is 0.239 e. The zero-order valence-electron chi connectivity index (χ0n) is 7.46. The number of hydrogen-bond donors (Lipinski definition) is 1. The average molecular weight is 209 g/mol. The zero-order chi connectivity index (χ0) is 10.4. The molecule has 1 aromatic rings. The van der Waals surface area contributed by atoms with E-state index in [1.807, 2.05) is 12.1 Å². The molecule has 0 radical (unpaired) electrons. The number of halogens is 1. The van der Waals surface area contributed by atoms with Crippen LogP contribution in [0.5, 0.6) is 0 Å². The minimum atomic E-state index is -0.249. The van der Waals surface area contributed by atoms with Crippen LogP contribution in [-0.2, 0) is 11.2 Å². The maximum atomic E-state index is 10.9. The second-order valence-corrected chi connectivity index (χ2v) is 2.98. The molecular weight excluding hydrogens is 200 g/mol. The van der Waals surface area contributed by atoms with Crippen LogP contribution in [0.4, 0.5) is 5.69 Å². The summed E-state index contributed by atoms with van der Waals surface area (Å²) in [6.45, 7) is 0. The summed E-state index contributed by atoms with van der Waals surface area (Å²) < 4.78 is 0. The molecule has 4 heteroatoms. The standard InChI is InChI=1S/C10H9ClN2O/c11-7-10(14)13-9-3-1-2-8(6-9)4-5-12/h1-3,6H,4,7H2,(H,13,14). The van der Waals surface area contributed by atoms with E-state index in [0.29, 0.717) is 12.1 Å². The van der Waals surface area contributed by atoms with Crippen molar-refractivity contribution in [2.45, 2.75) is 6.42 Å². The highest BCUT2D eigenvalue weighted by Gasteiger charge is 2.00. The highest BCUT2D eigenvalue weighted by Crippen LogP contribution is 2.10. The summed E-state index contributed by atoms with van der Waals surface area (Å²) in [6.07, 6.45) is 0.338. The zero-order valence-corrected chi connectivity index (χ0v) is 8.21. The lowest BCUT2D eigenvalue weighted by molar-refractivity contribution is -0.113. The SMILES string of the molecule is N#CCc1cccc(NC(=O)CCl)c1. The van der Waals surface area contributed by atoms with Gasteiger partial charge in [-0.05, 0) is 17.7 Å². The number of nitrogens with zero attached hydrogens (tertiary/aromatic N) is 1. The molecule has 0 aliphatic heterocycles. The summed E-state index contributed by atoms with van der Waals surface area (Å²) in [5.41, 5.74) is 1.54. The van der Waals surface area contributed by atoms with Gasteiger partial charge in [0, 0.05) is 5.69 Å². The van der Waals surface area contributed by atoms with Crippen LogP contribution in [0.25, 0.3) is 0 Å². The van der Waals surface area contributed by atoms with Crippen molar-refractivity contribution in [1.29, 1.82) is 5.26 Å². The normalized spacial score (nSPS) is 9.14. The molecule has 0 bridgehead atoms. The third kappa shape index (κ3) is 3.08. The largest absolute Gasteiger partial charge is 0.325 e. The van der Waals surface area contributed by atoms with Crippen molar-refractivity contribution in [3.8, 4) is 6.07 Å². The Hall–Kier alpha value is -1.53. The lowest BCUT2D eigenvalue weighted by Crippen LogP contribution is -2.12. The van der Waals surface area contributed by atoms with Gasteiger partial charge in [0.25, 0.3) is 0 Å². The molecule has 72 valence electrons. The fraction of sp³-hybridized carbons (Fsp3) is 0.200. The third-order valence-electron chi connectivity index (χ3n) is 1.62. The number of carbonyl (C=O) groups is 1. The first-order valence-electron chi connectivity index (χ1n) is 4.08. The van der Waals surface area contributed by atoms with Gasteiger partial charge in [-0.3, -0.25) is 4.79 Å². The fourth-order valence-corrected chi connectivity index (χ4v) is 1.11.